The smallest absolute Gasteiger partial charge is 0.230 e. The molecule has 7 nitrogen and oxygen atoms in total. The number of rotatable bonds is 8. The topological polar surface area (TPSA) is 81.4 Å². The van der Waals surface area contributed by atoms with Crippen LogP contribution in [0.4, 0.5) is 0 Å². The zero-order chi connectivity index (χ0) is 23.3. The Labute approximate surface area is 201 Å². The average Bonchev–Trinajstić information content (AvgIpc) is 3.32. The van der Waals surface area contributed by atoms with Gasteiger partial charge in [-0.25, -0.2) is 4.98 Å². The lowest BCUT2D eigenvalue weighted by Crippen LogP contribution is -2.24. The van der Waals surface area contributed by atoms with Gasteiger partial charge in [0.2, 0.25) is 5.91 Å². The SMILES string of the molecule is COc1ccc(CNC(=O)CSc2nnc3c4ccccc4nc(Cc4ccccc4)n23)cc1. The highest BCUT2D eigenvalue weighted by molar-refractivity contribution is 7.99. The van der Waals surface area contributed by atoms with Gasteiger partial charge in [0.05, 0.1) is 18.4 Å². The Morgan fingerprint density at radius 2 is 1.71 bits per heavy atom. The van der Waals surface area contributed by atoms with Crippen molar-refractivity contribution in [3.05, 3.63) is 95.8 Å². The summed E-state index contributed by atoms with van der Waals surface area (Å²) in [6.45, 7) is 0.454. The highest BCUT2D eigenvalue weighted by atomic mass is 32.2. The van der Waals surface area contributed by atoms with Crippen LogP contribution in [-0.2, 0) is 17.8 Å². The van der Waals surface area contributed by atoms with Gasteiger partial charge in [0.1, 0.15) is 11.6 Å². The minimum Gasteiger partial charge on any atom is -0.497 e. The van der Waals surface area contributed by atoms with E-state index in [2.05, 4.69) is 27.6 Å². The van der Waals surface area contributed by atoms with E-state index in [-0.39, 0.29) is 11.7 Å². The van der Waals surface area contributed by atoms with Gasteiger partial charge in [-0.2, -0.15) is 0 Å². The maximum atomic E-state index is 12.5. The van der Waals surface area contributed by atoms with Crippen LogP contribution in [0, 0.1) is 0 Å². The van der Waals surface area contributed by atoms with E-state index >= 15 is 0 Å². The molecule has 0 aliphatic carbocycles. The molecule has 3 aromatic carbocycles. The van der Waals surface area contributed by atoms with Gasteiger partial charge in [-0.3, -0.25) is 9.20 Å². The van der Waals surface area contributed by atoms with Gasteiger partial charge < -0.3 is 10.1 Å². The van der Waals surface area contributed by atoms with Crippen LogP contribution in [0.3, 0.4) is 0 Å². The molecular weight excluding hydrogens is 446 g/mol. The second kappa shape index (κ2) is 9.93. The minimum absolute atomic E-state index is 0.0732. The maximum Gasteiger partial charge on any atom is 0.230 e. The van der Waals surface area contributed by atoms with Gasteiger partial charge in [-0.1, -0.05) is 66.4 Å². The molecule has 5 aromatic rings. The summed E-state index contributed by atoms with van der Waals surface area (Å²) in [6.07, 6.45) is 0.636. The molecule has 0 unspecified atom stereocenters. The number of methoxy groups -OCH3 is 1. The normalized spacial score (nSPS) is 11.1. The molecule has 0 saturated heterocycles. The summed E-state index contributed by atoms with van der Waals surface area (Å²) < 4.78 is 7.14. The number of carbonyl (C=O) groups is 1. The summed E-state index contributed by atoms with van der Waals surface area (Å²) in [5.74, 6) is 1.79. The number of benzene rings is 3. The number of fused-ring (bicyclic) bond motifs is 3. The lowest BCUT2D eigenvalue weighted by atomic mass is 10.1. The highest BCUT2D eigenvalue weighted by Crippen LogP contribution is 2.25. The summed E-state index contributed by atoms with van der Waals surface area (Å²) >= 11 is 1.36. The fourth-order valence-corrected chi connectivity index (χ4v) is 4.52. The van der Waals surface area contributed by atoms with Crippen molar-refractivity contribution in [1.82, 2.24) is 24.9 Å². The second-order valence-electron chi connectivity index (χ2n) is 7.76. The molecule has 8 heteroatoms. The standard InChI is InChI=1S/C26H23N5O2S/c1-33-20-13-11-19(12-14-20)16-27-24(32)17-34-26-30-29-25-21-9-5-6-10-22(21)28-23(31(25)26)15-18-7-3-2-4-8-18/h2-14H,15-17H2,1H3,(H,27,32). The van der Waals surface area contributed by atoms with E-state index in [0.29, 0.717) is 18.1 Å². The lowest BCUT2D eigenvalue weighted by molar-refractivity contribution is -0.118. The first kappa shape index (κ1) is 21.9. The molecule has 170 valence electrons. The van der Waals surface area contributed by atoms with Gasteiger partial charge in [-0.15, -0.1) is 10.2 Å². The van der Waals surface area contributed by atoms with E-state index in [1.807, 2.05) is 71.1 Å². The average molecular weight is 470 g/mol. The van der Waals surface area contributed by atoms with Crippen LogP contribution in [0.5, 0.6) is 5.75 Å². The third-order valence-corrected chi connectivity index (χ3v) is 6.40. The van der Waals surface area contributed by atoms with E-state index in [9.17, 15) is 4.79 Å². The lowest BCUT2D eigenvalue weighted by Gasteiger charge is -2.10. The van der Waals surface area contributed by atoms with Crippen LogP contribution < -0.4 is 10.1 Å². The minimum atomic E-state index is -0.0732. The van der Waals surface area contributed by atoms with E-state index in [1.54, 1.807) is 7.11 Å². The summed E-state index contributed by atoms with van der Waals surface area (Å²) in [5, 5.41) is 13.4. The van der Waals surface area contributed by atoms with Crippen molar-refractivity contribution in [2.75, 3.05) is 12.9 Å². The van der Waals surface area contributed by atoms with Crippen LogP contribution in [0.2, 0.25) is 0 Å². The van der Waals surface area contributed by atoms with Crippen molar-refractivity contribution in [3.63, 3.8) is 0 Å². The van der Waals surface area contributed by atoms with Gasteiger partial charge >= 0.3 is 0 Å². The highest BCUT2D eigenvalue weighted by Gasteiger charge is 2.17. The summed E-state index contributed by atoms with van der Waals surface area (Å²) in [6, 6.07) is 25.7. The van der Waals surface area contributed by atoms with E-state index in [0.717, 1.165) is 39.3 Å². The number of para-hydroxylation sites is 1. The molecule has 0 aliphatic heterocycles. The van der Waals surface area contributed by atoms with Crippen LogP contribution in [0.25, 0.3) is 16.6 Å². The first-order valence-electron chi connectivity index (χ1n) is 10.9. The van der Waals surface area contributed by atoms with Crippen LogP contribution in [-0.4, -0.2) is 38.4 Å². The number of hydrogen-bond acceptors (Lipinski definition) is 6. The number of amides is 1. The number of hydrogen-bond donors (Lipinski definition) is 1. The fourth-order valence-electron chi connectivity index (χ4n) is 3.74. The van der Waals surface area contributed by atoms with Gasteiger partial charge in [-0.05, 0) is 35.4 Å². The van der Waals surface area contributed by atoms with Crippen molar-refractivity contribution in [3.8, 4) is 5.75 Å². The fraction of sp³-hybridized carbons (Fsp3) is 0.154. The number of carbonyl (C=O) groups excluding carboxylic acids is 1. The molecule has 1 N–H and O–H groups in total. The second-order valence-corrected chi connectivity index (χ2v) is 8.71. The first-order chi connectivity index (χ1) is 16.7. The van der Waals surface area contributed by atoms with Crippen molar-refractivity contribution >= 4 is 34.2 Å². The molecule has 2 aromatic heterocycles. The van der Waals surface area contributed by atoms with Gasteiger partial charge in [0.15, 0.2) is 10.8 Å². The molecular formula is C26H23N5O2S. The Hall–Kier alpha value is -3.91. The van der Waals surface area contributed by atoms with Crippen LogP contribution in [0.15, 0.2) is 84.0 Å². The zero-order valence-electron chi connectivity index (χ0n) is 18.6. The largest absolute Gasteiger partial charge is 0.497 e. The summed E-state index contributed by atoms with van der Waals surface area (Å²) in [5.41, 5.74) is 3.78. The summed E-state index contributed by atoms with van der Waals surface area (Å²) in [7, 11) is 1.63. The number of ether oxygens (including phenoxy) is 1. The third kappa shape index (κ3) is 4.72. The third-order valence-electron chi connectivity index (χ3n) is 5.47. The molecule has 0 fully saturated rings. The van der Waals surface area contributed by atoms with E-state index in [4.69, 9.17) is 9.72 Å². The Morgan fingerprint density at radius 3 is 2.50 bits per heavy atom. The van der Waals surface area contributed by atoms with Gasteiger partial charge in [0, 0.05) is 18.4 Å². The molecule has 0 bridgehead atoms. The van der Waals surface area contributed by atoms with Crippen molar-refractivity contribution < 1.29 is 9.53 Å². The Bertz CT molecular complexity index is 1430. The Balaban J connectivity index is 1.36. The predicted molar refractivity (Wildman–Crippen MR) is 133 cm³/mol. The Morgan fingerprint density at radius 1 is 0.941 bits per heavy atom. The molecule has 0 saturated carbocycles. The first-order valence-corrected chi connectivity index (χ1v) is 11.9. The van der Waals surface area contributed by atoms with E-state index < -0.39 is 0 Å². The number of nitrogens with zero attached hydrogens (tertiary/aromatic N) is 4. The molecule has 0 radical (unpaired) electrons. The van der Waals surface area contributed by atoms with Crippen LogP contribution >= 0.6 is 11.8 Å². The molecule has 1 amide bonds. The molecule has 0 spiro atoms. The van der Waals surface area contributed by atoms with Crippen molar-refractivity contribution in [1.29, 1.82) is 0 Å². The molecule has 34 heavy (non-hydrogen) atoms. The molecule has 2 heterocycles. The number of nitrogens with one attached hydrogen (secondary N) is 1. The zero-order valence-corrected chi connectivity index (χ0v) is 19.5. The maximum absolute atomic E-state index is 12.5. The number of aromatic nitrogens is 4. The molecule has 0 atom stereocenters. The van der Waals surface area contributed by atoms with Crippen LogP contribution in [0.1, 0.15) is 17.0 Å². The number of thioether (sulfide) groups is 1. The van der Waals surface area contributed by atoms with Crippen molar-refractivity contribution in [2.45, 2.75) is 18.1 Å². The monoisotopic (exact) mass is 469 g/mol. The summed E-state index contributed by atoms with van der Waals surface area (Å²) in [4.78, 5) is 17.4. The van der Waals surface area contributed by atoms with Gasteiger partial charge in [0.25, 0.3) is 0 Å². The Kier molecular flexibility index (Phi) is 6.40. The predicted octanol–water partition coefficient (Wildman–Crippen LogP) is 4.29. The molecule has 0 aliphatic rings. The van der Waals surface area contributed by atoms with E-state index in [1.165, 1.54) is 11.8 Å². The quantitative estimate of drug-likeness (QED) is 0.342. The van der Waals surface area contributed by atoms with Crippen molar-refractivity contribution in [2.24, 2.45) is 0 Å². The molecule has 5 rings (SSSR count).